The van der Waals surface area contributed by atoms with Gasteiger partial charge in [0, 0.05) is 19.0 Å². The zero-order valence-corrected chi connectivity index (χ0v) is 10.2. The summed E-state index contributed by atoms with van der Waals surface area (Å²) in [6.45, 7) is 5.44. The Labute approximate surface area is 91.0 Å². The molecule has 0 rings (SSSR count). The van der Waals surface area contributed by atoms with Crippen molar-refractivity contribution in [3.05, 3.63) is 0 Å². The monoisotopic (exact) mass is 243 g/mol. The van der Waals surface area contributed by atoms with Crippen LogP contribution in [0.5, 0.6) is 0 Å². The Kier molecular flexibility index (Phi) is 7.54. The predicted octanol–water partition coefficient (Wildman–Crippen LogP) is 0.817. The lowest BCUT2D eigenvalue weighted by Crippen LogP contribution is -2.30. The van der Waals surface area contributed by atoms with E-state index < -0.39 is 10.0 Å². The highest BCUT2D eigenvalue weighted by molar-refractivity contribution is 7.89. The molecule has 0 saturated heterocycles. The van der Waals surface area contributed by atoms with Crippen molar-refractivity contribution in [3.63, 3.8) is 0 Å². The Morgan fingerprint density at radius 2 is 2.07 bits per heavy atom. The molecule has 0 aromatic rings. The quantitative estimate of drug-likeness (QED) is 0.507. The van der Waals surface area contributed by atoms with Gasteiger partial charge in [-0.05, 0) is 5.92 Å². The van der Waals surface area contributed by atoms with Crippen LogP contribution in [0.1, 0.15) is 13.8 Å². The number of rotatable bonds is 8. The molecular formula is C8H18ClNO3S. The van der Waals surface area contributed by atoms with Gasteiger partial charge >= 0.3 is 0 Å². The van der Waals surface area contributed by atoms with Crippen molar-refractivity contribution in [2.45, 2.75) is 13.8 Å². The Hall–Kier alpha value is 0.160. The summed E-state index contributed by atoms with van der Waals surface area (Å²) in [4.78, 5) is 0. The first-order valence-electron chi connectivity index (χ1n) is 4.59. The number of hydrogen-bond acceptors (Lipinski definition) is 3. The van der Waals surface area contributed by atoms with E-state index in [0.717, 1.165) is 0 Å². The van der Waals surface area contributed by atoms with Gasteiger partial charge in [-0.3, -0.25) is 0 Å². The average molecular weight is 244 g/mol. The van der Waals surface area contributed by atoms with Gasteiger partial charge in [-0.15, -0.1) is 11.6 Å². The molecule has 86 valence electrons. The van der Waals surface area contributed by atoms with Gasteiger partial charge in [0.2, 0.25) is 10.0 Å². The van der Waals surface area contributed by atoms with Gasteiger partial charge in [-0.2, -0.15) is 0 Å². The topological polar surface area (TPSA) is 55.4 Å². The molecule has 0 aromatic heterocycles. The highest BCUT2D eigenvalue weighted by Crippen LogP contribution is 1.91. The zero-order chi connectivity index (χ0) is 11.0. The standard InChI is InChI=1S/C8H18ClNO3S/c1-8(2)7-13-5-4-10-14(11,12)6-3-9/h8,10H,3-7H2,1-2H3. The third kappa shape index (κ3) is 8.74. The van der Waals surface area contributed by atoms with Crippen LogP contribution in [0.2, 0.25) is 0 Å². The van der Waals surface area contributed by atoms with Crippen LogP contribution in [0.25, 0.3) is 0 Å². The van der Waals surface area contributed by atoms with Crippen molar-refractivity contribution in [2.75, 3.05) is 31.4 Å². The zero-order valence-electron chi connectivity index (χ0n) is 8.62. The molecule has 14 heavy (non-hydrogen) atoms. The second-order valence-electron chi connectivity index (χ2n) is 3.37. The van der Waals surface area contributed by atoms with Crippen molar-refractivity contribution in [2.24, 2.45) is 5.92 Å². The molecule has 0 bridgehead atoms. The summed E-state index contributed by atoms with van der Waals surface area (Å²) in [5.74, 6) is 0.537. The second-order valence-corrected chi connectivity index (χ2v) is 5.68. The third-order valence-electron chi connectivity index (χ3n) is 1.37. The van der Waals surface area contributed by atoms with Crippen molar-refractivity contribution in [3.8, 4) is 0 Å². The highest BCUT2D eigenvalue weighted by Gasteiger charge is 2.07. The van der Waals surface area contributed by atoms with Crippen molar-refractivity contribution in [1.29, 1.82) is 0 Å². The lowest BCUT2D eigenvalue weighted by Gasteiger charge is -2.07. The number of nitrogens with one attached hydrogen (secondary N) is 1. The summed E-state index contributed by atoms with van der Waals surface area (Å²) in [5.41, 5.74) is 0. The molecule has 6 heteroatoms. The third-order valence-corrected chi connectivity index (χ3v) is 3.16. The van der Waals surface area contributed by atoms with E-state index >= 15 is 0 Å². The van der Waals surface area contributed by atoms with Crippen LogP contribution >= 0.6 is 11.6 Å². The van der Waals surface area contributed by atoms with E-state index in [2.05, 4.69) is 4.72 Å². The van der Waals surface area contributed by atoms with E-state index in [1.165, 1.54) is 0 Å². The first-order valence-corrected chi connectivity index (χ1v) is 6.77. The summed E-state index contributed by atoms with van der Waals surface area (Å²) in [7, 11) is -3.19. The summed E-state index contributed by atoms with van der Waals surface area (Å²) in [5, 5.41) is 0. The summed E-state index contributed by atoms with van der Waals surface area (Å²) >= 11 is 5.32. The van der Waals surface area contributed by atoms with Crippen LogP contribution in [-0.4, -0.2) is 39.8 Å². The molecular weight excluding hydrogens is 226 g/mol. The molecule has 0 aliphatic rings. The Morgan fingerprint density at radius 1 is 1.43 bits per heavy atom. The SMILES string of the molecule is CC(C)COCCNS(=O)(=O)CCCl. The summed E-state index contributed by atoms with van der Waals surface area (Å²) in [6, 6.07) is 0. The normalized spacial score (nSPS) is 12.3. The van der Waals surface area contributed by atoms with Crippen LogP contribution < -0.4 is 4.72 Å². The molecule has 0 atom stereocenters. The minimum Gasteiger partial charge on any atom is -0.380 e. The predicted molar refractivity (Wildman–Crippen MR) is 58.2 cm³/mol. The van der Waals surface area contributed by atoms with Gasteiger partial charge in [-0.25, -0.2) is 13.1 Å². The molecule has 0 saturated carbocycles. The highest BCUT2D eigenvalue weighted by atomic mass is 35.5. The minimum atomic E-state index is -3.19. The maximum absolute atomic E-state index is 11.1. The number of ether oxygens (including phenoxy) is 1. The lowest BCUT2D eigenvalue weighted by molar-refractivity contribution is 0.114. The van der Waals surface area contributed by atoms with E-state index in [9.17, 15) is 8.42 Å². The number of sulfonamides is 1. The smallest absolute Gasteiger partial charge is 0.212 e. The fourth-order valence-corrected chi connectivity index (χ4v) is 2.11. The van der Waals surface area contributed by atoms with Gasteiger partial charge in [0.25, 0.3) is 0 Å². The first-order chi connectivity index (χ1) is 6.48. The molecule has 4 nitrogen and oxygen atoms in total. The van der Waals surface area contributed by atoms with E-state index in [-0.39, 0.29) is 11.6 Å². The summed E-state index contributed by atoms with van der Waals surface area (Å²) in [6.07, 6.45) is 0. The fourth-order valence-electron chi connectivity index (χ4n) is 0.762. The van der Waals surface area contributed by atoms with Crippen molar-refractivity contribution < 1.29 is 13.2 Å². The van der Waals surface area contributed by atoms with Gasteiger partial charge in [0.05, 0.1) is 12.4 Å². The van der Waals surface area contributed by atoms with E-state index in [4.69, 9.17) is 16.3 Å². The largest absolute Gasteiger partial charge is 0.380 e. The van der Waals surface area contributed by atoms with Gasteiger partial charge in [0.15, 0.2) is 0 Å². The molecule has 0 aromatic carbocycles. The Morgan fingerprint density at radius 3 is 2.57 bits per heavy atom. The van der Waals surface area contributed by atoms with Crippen LogP contribution in [-0.2, 0) is 14.8 Å². The number of halogens is 1. The van der Waals surface area contributed by atoms with E-state index in [1.807, 2.05) is 13.8 Å². The molecule has 0 heterocycles. The van der Waals surface area contributed by atoms with Gasteiger partial charge in [-0.1, -0.05) is 13.8 Å². The minimum absolute atomic E-state index is 0.0429. The van der Waals surface area contributed by atoms with Gasteiger partial charge < -0.3 is 4.74 Å². The van der Waals surface area contributed by atoms with Crippen LogP contribution in [0.15, 0.2) is 0 Å². The Bertz CT molecular complexity index is 229. The maximum Gasteiger partial charge on any atom is 0.212 e. The van der Waals surface area contributed by atoms with Crippen LogP contribution in [0, 0.1) is 5.92 Å². The molecule has 1 N–H and O–H groups in total. The maximum atomic E-state index is 11.1. The number of alkyl halides is 1. The Balaban J connectivity index is 3.45. The van der Waals surface area contributed by atoms with Gasteiger partial charge in [0.1, 0.15) is 0 Å². The van der Waals surface area contributed by atoms with Crippen LogP contribution in [0.3, 0.4) is 0 Å². The number of hydrogen-bond donors (Lipinski definition) is 1. The van der Waals surface area contributed by atoms with E-state index in [1.54, 1.807) is 0 Å². The fraction of sp³-hybridized carbons (Fsp3) is 1.00. The van der Waals surface area contributed by atoms with Crippen LogP contribution in [0.4, 0.5) is 0 Å². The summed E-state index contributed by atoms with van der Waals surface area (Å²) < 4.78 is 29.8. The average Bonchev–Trinajstić information content (AvgIpc) is 2.02. The second kappa shape index (κ2) is 7.45. The molecule has 0 amide bonds. The lowest BCUT2D eigenvalue weighted by atomic mass is 10.2. The molecule has 0 unspecified atom stereocenters. The van der Waals surface area contributed by atoms with Crippen molar-refractivity contribution >= 4 is 21.6 Å². The molecule has 0 aliphatic carbocycles. The first kappa shape index (κ1) is 14.2. The van der Waals surface area contributed by atoms with E-state index in [0.29, 0.717) is 25.7 Å². The molecule has 0 aliphatic heterocycles. The molecule has 0 radical (unpaired) electrons. The molecule has 0 spiro atoms. The van der Waals surface area contributed by atoms with Crippen molar-refractivity contribution in [1.82, 2.24) is 4.72 Å². The molecule has 0 fully saturated rings.